The zero-order chi connectivity index (χ0) is 10.6. The molecule has 1 unspecified atom stereocenters. The molecule has 1 rings (SSSR count). The molecule has 1 atom stereocenters. The van der Waals surface area contributed by atoms with Crippen LogP contribution >= 0.6 is 0 Å². The average Bonchev–Trinajstić information content (AvgIpc) is 2.11. The fraction of sp³-hybridized carbons (Fsp3) is 0.818. The van der Waals surface area contributed by atoms with Crippen molar-refractivity contribution in [1.82, 2.24) is 5.32 Å². The molecular formula is C11H18N2O. The molecule has 0 aliphatic heterocycles. The lowest BCUT2D eigenvalue weighted by Gasteiger charge is -2.39. The Balaban J connectivity index is 2.43. The molecule has 1 fully saturated rings. The Kier molecular flexibility index (Phi) is 3.51. The van der Waals surface area contributed by atoms with Gasteiger partial charge in [-0.1, -0.05) is 13.3 Å². The highest BCUT2D eigenvalue weighted by atomic mass is 16.2. The van der Waals surface area contributed by atoms with Gasteiger partial charge in [-0.05, 0) is 32.6 Å². The van der Waals surface area contributed by atoms with E-state index < -0.39 is 5.92 Å². The first-order chi connectivity index (χ1) is 6.61. The summed E-state index contributed by atoms with van der Waals surface area (Å²) in [5.41, 5.74) is -0.0279. The Labute approximate surface area is 85.5 Å². The van der Waals surface area contributed by atoms with Gasteiger partial charge in [-0.25, -0.2) is 0 Å². The molecule has 0 aromatic rings. The molecule has 0 aromatic carbocycles. The average molecular weight is 194 g/mol. The van der Waals surface area contributed by atoms with Crippen molar-refractivity contribution in [2.24, 2.45) is 5.92 Å². The van der Waals surface area contributed by atoms with Gasteiger partial charge in [0.15, 0.2) is 0 Å². The minimum absolute atomic E-state index is 0.0279. The number of carbonyl (C=O) groups excluding carboxylic acids is 1. The summed E-state index contributed by atoms with van der Waals surface area (Å²) in [7, 11) is 0. The molecule has 1 N–H and O–H groups in total. The number of nitrogens with one attached hydrogen (secondary N) is 1. The van der Waals surface area contributed by atoms with E-state index >= 15 is 0 Å². The summed E-state index contributed by atoms with van der Waals surface area (Å²) >= 11 is 0. The number of carbonyl (C=O) groups is 1. The van der Waals surface area contributed by atoms with Crippen molar-refractivity contribution in [2.45, 2.75) is 51.5 Å². The van der Waals surface area contributed by atoms with Gasteiger partial charge in [0.2, 0.25) is 5.91 Å². The van der Waals surface area contributed by atoms with Crippen molar-refractivity contribution >= 4 is 5.91 Å². The van der Waals surface area contributed by atoms with Gasteiger partial charge in [-0.3, -0.25) is 4.79 Å². The van der Waals surface area contributed by atoms with Gasteiger partial charge in [0.25, 0.3) is 0 Å². The third-order valence-electron chi connectivity index (χ3n) is 2.93. The van der Waals surface area contributed by atoms with Crippen LogP contribution in [0.25, 0.3) is 0 Å². The third-order valence-corrected chi connectivity index (χ3v) is 2.93. The number of amides is 1. The maximum absolute atomic E-state index is 11.6. The van der Waals surface area contributed by atoms with E-state index in [1.165, 1.54) is 6.42 Å². The van der Waals surface area contributed by atoms with E-state index in [9.17, 15) is 4.79 Å². The summed E-state index contributed by atoms with van der Waals surface area (Å²) in [6.45, 7) is 4.04. The molecule has 0 heterocycles. The first-order valence-corrected chi connectivity index (χ1v) is 5.33. The van der Waals surface area contributed by atoms with Gasteiger partial charge >= 0.3 is 0 Å². The Hall–Kier alpha value is -1.04. The van der Waals surface area contributed by atoms with Crippen LogP contribution in [0.15, 0.2) is 0 Å². The lowest BCUT2D eigenvalue weighted by Crippen LogP contribution is -2.52. The fourth-order valence-corrected chi connectivity index (χ4v) is 1.76. The van der Waals surface area contributed by atoms with Crippen molar-refractivity contribution in [1.29, 1.82) is 5.26 Å². The molecule has 0 bridgehead atoms. The highest BCUT2D eigenvalue weighted by Crippen LogP contribution is 2.31. The van der Waals surface area contributed by atoms with Crippen molar-refractivity contribution in [3.05, 3.63) is 0 Å². The van der Waals surface area contributed by atoms with Gasteiger partial charge in [0.1, 0.15) is 5.92 Å². The fourth-order valence-electron chi connectivity index (χ4n) is 1.76. The molecule has 0 aromatic heterocycles. The van der Waals surface area contributed by atoms with Crippen LogP contribution in [0, 0.1) is 17.2 Å². The lowest BCUT2D eigenvalue weighted by atomic mass is 9.78. The van der Waals surface area contributed by atoms with Crippen LogP contribution in [0.5, 0.6) is 0 Å². The van der Waals surface area contributed by atoms with Crippen molar-refractivity contribution in [2.75, 3.05) is 0 Å². The number of rotatable bonds is 4. The van der Waals surface area contributed by atoms with E-state index in [0.29, 0.717) is 6.42 Å². The van der Waals surface area contributed by atoms with Crippen LogP contribution in [0.2, 0.25) is 0 Å². The molecule has 78 valence electrons. The number of hydrogen-bond acceptors (Lipinski definition) is 2. The summed E-state index contributed by atoms with van der Waals surface area (Å²) in [6, 6.07) is 2.06. The summed E-state index contributed by atoms with van der Waals surface area (Å²) in [5.74, 6) is -0.547. The van der Waals surface area contributed by atoms with Crippen molar-refractivity contribution < 1.29 is 4.79 Å². The Bertz CT molecular complexity index is 251. The minimum Gasteiger partial charge on any atom is -0.350 e. The van der Waals surface area contributed by atoms with Crippen LogP contribution in [0.1, 0.15) is 46.0 Å². The van der Waals surface area contributed by atoms with Crippen LogP contribution in [-0.4, -0.2) is 11.4 Å². The quantitative estimate of drug-likeness (QED) is 0.744. The van der Waals surface area contributed by atoms with Gasteiger partial charge in [-0.15, -0.1) is 0 Å². The summed E-state index contributed by atoms with van der Waals surface area (Å²) in [6.07, 6.45) is 4.81. The molecular weight excluding hydrogens is 176 g/mol. The predicted octanol–water partition coefficient (Wildman–Crippen LogP) is 1.99. The van der Waals surface area contributed by atoms with Gasteiger partial charge < -0.3 is 5.32 Å². The third kappa shape index (κ3) is 2.47. The van der Waals surface area contributed by atoms with Crippen molar-refractivity contribution in [3.8, 4) is 6.07 Å². The molecule has 3 nitrogen and oxygen atoms in total. The standard InChI is InChI=1S/C11H18N2O/c1-3-5-9(8-12)10(14)13-11(2)6-4-7-11/h9H,3-7H2,1-2H3,(H,13,14). The summed E-state index contributed by atoms with van der Waals surface area (Å²) in [4.78, 5) is 11.6. The second-order valence-corrected chi connectivity index (χ2v) is 4.37. The molecule has 0 radical (unpaired) electrons. The monoisotopic (exact) mass is 194 g/mol. The normalized spacial score (nSPS) is 20.4. The molecule has 3 heteroatoms. The van der Waals surface area contributed by atoms with E-state index in [4.69, 9.17) is 5.26 Å². The van der Waals surface area contributed by atoms with Crippen LogP contribution < -0.4 is 5.32 Å². The van der Waals surface area contributed by atoms with E-state index in [2.05, 4.69) is 18.3 Å². The number of nitrogens with zero attached hydrogens (tertiary/aromatic N) is 1. The largest absolute Gasteiger partial charge is 0.350 e. The molecule has 0 saturated heterocycles. The molecule has 1 aliphatic rings. The number of nitriles is 1. The molecule has 1 amide bonds. The van der Waals surface area contributed by atoms with Crippen molar-refractivity contribution in [3.63, 3.8) is 0 Å². The molecule has 1 saturated carbocycles. The predicted molar refractivity (Wildman–Crippen MR) is 54.4 cm³/mol. The summed E-state index contributed by atoms with van der Waals surface area (Å²) < 4.78 is 0. The maximum Gasteiger partial charge on any atom is 0.237 e. The first kappa shape index (κ1) is 11.0. The van der Waals surface area contributed by atoms with Gasteiger partial charge in [0.05, 0.1) is 6.07 Å². The smallest absolute Gasteiger partial charge is 0.237 e. The Morgan fingerprint density at radius 1 is 1.64 bits per heavy atom. The zero-order valence-electron chi connectivity index (χ0n) is 8.97. The van der Waals surface area contributed by atoms with E-state index in [1.54, 1.807) is 0 Å². The van der Waals surface area contributed by atoms with E-state index in [1.807, 2.05) is 6.92 Å². The first-order valence-electron chi connectivity index (χ1n) is 5.33. The number of hydrogen-bond donors (Lipinski definition) is 1. The van der Waals surface area contributed by atoms with E-state index in [0.717, 1.165) is 19.3 Å². The minimum atomic E-state index is -0.461. The molecule has 1 aliphatic carbocycles. The van der Waals surface area contributed by atoms with E-state index in [-0.39, 0.29) is 11.4 Å². The summed E-state index contributed by atoms with van der Waals surface area (Å²) in [5, 5.41) is 11.8. The van der Waals surface area contributed by atoms with Crippen LogP contribution in [-0.2, 0) is 4.79 Å². The molecule has 0 spiro atoms. The molecule has 14 heavy (non-hydrogen) atoms. The SMILES string of the molecule is CCCC(C#N)C(=O)NC1(C)CCC1. The van der Waals surface area contributed by atoms with Gasteiger partial charge in [0, 0.05) is 5.54 Å². The Morgan fingerprint density at radius 3 is 2.64 bits per heavy atom. The Morgan fingerprint density at radius 2 is 2.29 bits per heavy atom. The van der Waals surface area contributed by atoms with Crippen LogP contribution in [0.3, 0.4) is 0 Å². The zero-order valence-corrected chi connectivity index (χ0v) is 8.97. The second-order valence-electron chi connectivity index (χ2n) is 4.37. The highest BCUT2D eigenvalue weighted by Gasteiger charge is 2.34. The topological polar surface area (TPSA) is 52.9 Å². The highest BCUT2D eigenvalue weighted by molar-refractivity contribution is 5.81. The maximum atomic E-state index is 11.6. The second kappa shape index (κ2) is 4.45. The van der Waals surface area contributed by atoms with Gasteiger partial charge in [-0.2, -0.15) is 5.26 Å². The lowest BCUT2D eigenvalue weighted by molar-refractivity contribution is -0.126. The van der Waals surface area contributed by atoms with Crippen LogP contribution in [0.4, 0.5) is 0 Å².